The SMILES string of the molecule is CN(C)c1ccc(C=Cc2oc3ccccc3[n+]2C)cc1.[O-][Cl+3]([O-])([O-])[O-]. The third-order valence-corrected chi connectivity index (χ3v) is 3.60. The summed E-state index contributed by atoms with van der Waals surface area (Å²) in [5.74, 6) is 0.841. The Morgan fingerprint density at radius 2 is 1.50 bits per heavy atom. The number of nitrogens with zero attached hydrogens (tertiary/aromatic N) is 2. The molecule has 0 aliphatic rings. The van der Waals surface area contributed by atoms with Crippen molar-refractivity contribution >= 4 is 28.9 Å². The number of aromatic nitrogens is 1. The van der Waals surface area contributed by atoms with Gasteiger partial charge in [-0.1, -0.05) is 24.3 Å². The van der Waals surface area contributed by atoms with Gasteiger partial charge >= 0.3 is 5.89 Å². The molecule has 1 aromatic heterocycles. The van der Waals surface area contributed by atoms with Gasteiger partial charge in [-0.15, -0.1) is 10.2 Å². The Morgan fingerprint density at radius 3 is 2.04 bits per heavy atom. The van der Waals surface area contributed by atoms with E-state index in [1.807, 2.05) is 45.4 Å². The van der Waals surface area contributed by atoms with Crippen molar-refractivity contribution in [3.63, 3.8) is 0 Å². The van der Waals surface area contributed by atoms with Gasteiger partial charge in [-0.2, -0.15) is 4.57 Å². The maximum Gasteiger partial charge on any atom is 0.373 e. The molecular formula is C18H19ClN2O5. The van der Waals surface area contributed by atoms with E-state index in [4.69, 9.17) is 23.1 Å². The number of hydrogen-bond donors (Lipinski definition) is 0. The number of benzene rings is 2. The highest BCUT2D eigenvalue weighted by Crippen LogP contribution is 2.16. The van der Waals surface area contributed by atoms with Crippen LogP contribution in [0.2, 0.25) is 0 Å². The number of hydrogen-bond acceptors (Lipinski definition) is 6. The highest BCUT2D eigenvalue weighted by Gasteiger charge is 2.15. The Kier molecular flexibility index (Phi) is 6.36. The zero-order valence-corrected chi connectivity index (χ0v) is 15.3. The molecule has 0 saturated carbocycles. The van der Waals surface area contributed by atoms with E-state index >= 15 is 0 Å². The van der Waals surface area contributed by atoms with Crippen LogP contribution in [0.5, 0.6) is 0 Å². The lowest BCUT2D eigenvalue weighted by molar-refractivity contribution is -2.00. The first-order chi connectivity index (χ1) is 12.1. The first-order valence-electron chi connectivity index (χ1n) is 7.60. The Balaban J connectivity index is 0.000000431. The molecule has 0 fully saturated rings. The van der Waals surface area contributed by atoms with Gasteiger partial charge in [-0.3, -0.25) is 0 Å². The monoisotopic (exact) mass is 378 g/mol. The van der Waals surface area contributed by atoms with E-state index < -0.39 is 10.2 Å². The average Bonchev–Trinajstić information content (AvgIpc) is 2.88. The minimum Gasteiger partial charge on any atom is -0.398 e. The molecule has 0 saturated heterocycles. The van der Waals surface area contributed by atoms with Gasteiger partial charge in [-0.05, 0) is 29.8 Å². The first-order valence-corrected chi connectivity index (χ1v) is 8.83. The number of halogens is 1. The van der Waals surface area contributed by atoms with Crippen LogP contribution in [-0.2, 0) is 7.05 Å². The van der Waals surface area contributed by atoms with Crippen molar-refractivity contribution < 1.29 is 37.9 Å². The fourth-order valence-electron chi connectivity index (χ4n) is 2.32. The van der Waals surface area contributed by atoms with Crippen molar-refractivity contribution in [1.82, 2.24) is 0 Å². The molecule has 138 valence electrons. The Hall–Kier alpha value is -2.42. The van der Waals surface area contributed by atoms with Crippen LogP contribution in [0, 0.1) is 10.2 Å². The second-order valence-corrected chi connectivity index (χ2v) is 6.42. The number of para-hydroxylation sites is 2. The smallest absolute Gasteiger partial charge is 0.373 e. The van der Waals surface area contributed by atoms with Crippen LogP contribution < -0.4 is 28.1 Å². The maximum absolute atomic E-state index is 8.49. The van der Waals surface area contributed by atoms with Crippen molar-refractivity contribution in [2.75, 3.05) is 19.0 Å². The van der Waals surface area contributed by atoms with Crippen molar-refractivity contribution in [2.24, 2.45) is 7.05 Å². The second-order valence-electron chi connectivity index (χ2n) is 5.66. The van der Waals surface area contributed by atoms with Crippen LogP contribution in [0.25, 0.3) is 23.3 Å². The molecule has 8 heteroatoms. The van der Waals surface area contributed by atoms with E-state index in [1.165, 1.54) is 5.69 Å². The summed E-state index contributed by atoms with van der Waals surface area (Å²) in [6.07, 6.45) is 4.07. The minimum absolute atomic E-state index is 0.841. The average molecular weight is 379 g/mol. The molecule has 7 nitrogen and oxygen atoms in total. The Morgan fingerprint density at radius 1 is 0.923 bits per heavy atom. The molecule has 0 N–H and O–H groups in total. The van der Waals surface area contributed by atoms with Gasteiger partial charge in [0, 0.05) is 25.8 Å². The summed E-state index contributed by atoms with van der Waals surface area (Å²) in [5.41, 5.74) is 4.35. The summed E-state index contributed by atoms with van der Waals surface area (Å²) >= 11 is 0. The van der Waals surface area contributed by atoms with Crippen LogP contribution in [0.4, 0.5) is 5.69 Å². The minimum atomic E-state index is -4.94. The molecule has 0 bridgehead atoms. The molecule has 0 atom stereocenters. The van der Waals surface area contributed by atoms with Gasteiger partial charge in [0.15, 0.2) is 0 Å². The van der Waals surface area contributed by atoms with Crippen LogP contribution in [0.1, 0.15) is 11.5 Å². The summed E-state index contributed by atoms with van der Waals surface area (Å²) in [4.78, 5) is 2.09. The summed E-state index contributed by atoms with van der Waals surface area (Å²) in [5, 5.41) is 0. The Labute approximate surface area is 153 Å². The molecule has 3 rings (SSSR count). The normalized spacial score (nSPS) is 11.5. The number of fused-ring (bicyclic) bond motifs is 1. The van der Waals surface area contributed by atoms with Crippen LogP contribution in [0.3, 0.4) is 0 Å². The van der Waals surface area contributed by atoms with Crippen LogP contribution >= 0.6 is 0 Å². The molecule has 26 heavy (non-hydrogen) atoms. The summed E-state index contributed by atoms with van der Waals surface area (Å²) in [6.45, 7) is 0. The van der Waals surface area contributed by atoms with Gasteiger partial charge in [0.1, 0.15) is 7.05 Å². The fraction of sp³-hybridized carbons (Fsp3) is 0.167. The molecule has 0 spiro atoms. The van der Waals surface area contributed by atoms with Gasteiger partial charge in [0.2, 0.25) is 5.58 Å². The van der Waals surface area contributed by atoms with Gasteiger partial charge in [0.25, 0.3) is 5.52 Å². The zero-order valence-electron chi connectivity index (χ0n) is 14.6. The molecule has 1 heterocycles. The lowest BCUT2D eigenvalue weighted by Gasteiger charge is -2.17. The van der Waals surface area contributed by atoms with E-state index in [9.17, 15) is 0 Å². The first kappa shape index (κ1) is 19.9. The third-order valence-electron chi connectivity index (χ3n) is 3.60. The van der Waals surface area contributed by atoms with E-state index in [0.717, 1.165) is 22.6 Å². The predicted molar refractivity (Wildman–Crippen MR) is 87.1 cm³/mol. The summed E-state index contributed by atoms with van der Waals surface area (Å²) in [7, 11) is 1.15. The van der Waals surface area contributed by atoms with Crippen LogP contribution in [0.15, 0.2) is 52.9 Å². The van der Waals surface area contributed by atoms with Crippen molar-refractivity contribution in [2.45, 2.75) is 0 Å². The number of rotatable bonds is 3. The number of oxazole rings is 1. The molecule has 0 radical (unpaired) electrons. The lowest BCUT2D eigenvalue weighted by atomic mass is 10.2. The Bertz CT molecular complexity index is 877. The lowest BCUT2D eigenvalue weighted by Crippen LogP contribution is -2.68. The molecule has 0 aliphatic heterocycles. The van der Waals surface area contributed by atoms with E-state index in [0.29, 0.717) is 0 Å². The van der Waals surface area contributed by atoms with Crippen molar-refractivity contribution in [3.8, 4) is 0 Å². The molecular weight excluding hydrogens is 360 g/mol. The summed E-state index contributed by atoms with van der Waals surface area (Å²) in [6, 6.07) is 16.5. The quantitative estimate of drug-likeness (QED) is 0.526. The van der Waals surface area contributed by atoms with Gasteiger partial charge < -0.3 is 9.32 Å². The fourth-order valence-corrected chi connectivity index (χ4v) is 2.32. The molecule has 2 aromatic carbocycles. The highest BCUT2D eigenvalue weighted by atomic mass is 35.7. The zero-order chi connectivity index (χ0) is 19.3. The third kappa shape index (κ3) is 5.83. The molecule has 0 aliphatic carbocycles. The van der Waals surface area contributed by atoms with Gasteiger partial charge in [0.05, 0.1) is 6.08 Å². The molecule has 0 unspecified atom stereocenters. The molecule has 0 amide bonds. The van der Waals surface area contributed by atoms with Crippen molar-refractivity contribution in [3.05, 3.63) is 60.0 Å². The largest absolute Gasteiger partial charge is 0.398 e. The molecule has 3 aromatic rings. The standard InChI is InChI=1S/C18H19N2O.ClHO4/c1-19(2)15-11-8-14(9-12-15)10-13-18-20(3)16-6-4-5-7-17(16)21-18;2-1(3,4)5/h4-13H,1-3H3;(H,2,3,4,5)/q+1;/p-1. The predicted octanol–water partition coefficient (Wildman–Crippen LogP) is -1.26. The van der Waals surface area contributed by atoms with Crippen molar-refractivity contribution in [1.29, 1.82) is 0 Å². The van der Waals surface area contributed by atoms with E-state index in [2.05, 4.69) is 45.9 Å². The van der Waals surface area contributed by atoms with E-state index in [1.54, 1.807) is 0 Å². The van der Waals surface area contributed by atoms with E-state index in [-0.39, 0.29) is 0 Å². The van der Waals surface area contributed by atoms with Crippen LogP contribution in [-0.4, -0.2) is 14.1 Å². The second kappa shape index (κ2) is 8.31. The highest BCUT2D eigenvalue weighted by molar-refractivity contribution is 5.72. The number of aryl methyl sites for hydroxylation is 1. The topological polar surface area (TPSA) is 112 Å². The number of anilines is 1. The maximum atomic E-state index is 8.49. The van der Waals surface area contributed by atoms with Gasteiger partial charge in [-0.25, -0.2) is 18.6 Å². The summed E-state index contributed by atoms with van der Waals surface area (Å²) < 4.78 is 41.9.